The van der Waals surface area contributed by atoms with Crippen molar-refractivity contribution in [1.29, 1.82) is 0 Å². The maximum absolute atomic E-state index is 12.5. The molecule has 1 N–H and O–H groups in total. The van der Waals surface area contributed by atoms with Gasteiger partial charge >= 0.3 is 0 Å². The lowest BCUT2D eigenvalue weighted by molar-refractivity contribution is -0.137. The van der Waals surface area contributed by atoms with Gasteiger partial charge in [-0.15, -0.1) is 0 Å². The van der Waals surface area contributed by atoms with Gasteiger partial charge in [-0.2, -0.15) is 0 Å². The second kappa shape index (κ2) is 5.83. The average molecular weight is 240 g/mol. The molecule has 4 heteroatoms. The number of ether oxygens (including phenoxy) is 1. The summed E-state index contributed by atoms with van der Waals surface area (Å²) < 4.78 is 5.59. The first-order valence-corrected chi connectivity index (χ1v) is 6.82. The van der Waals surface area contributed by atoms with Gasteiger partial charge < -0.3 is 15.0 Å². The van der Waals surface area contributed by atoms with E-state index in [9.17, 15) is 4.79 Å². The van der Waals surface area contributed by atoms with Crippen molar-refractivity contribution in [2.45, 2.75) is 45.3 Å². The first kappa shape index (κ1) is 12.8. The molecule has 0 aromatic rings. The van der Waals surface area contributed by atoms with Gasteiger partial charge in [0.25, 0.3) is 0 Å². The highest BCUT2D eigenvalue weighted by atomic mass is 16.5. The van der Waals surface area contributed by atoms with Crippen LogP contribution in [0.5, 0.6) is 0 Å². The Morgan fingerprint density at radius 2 is 2.18 bits per heavy atom. The molecule has 4 nitrogen and oxygen atoms in total. The Morgan fingerprint density at radius 1 is 1.35 bits per heavy atom. The normalized spacial score (nSPS) is 35.4. The number of piperidine rings is 1. The van der Waals surface area contributed by atoms with Crippen molar-refractivity contribution in [1.82, 2.24) is 10.2 Å². The minimum absolute atomic E-state index is 0.161. The fourth-order valence-corrected chi connectivity index (χ4v) is 2.81. The van der Waals surface area contributed by atoms with Crippen LogP contribution in [0.3, 0.4) is 0 Å². The maximum atomic E-state index is 12.5. The molecule has 0 spiro atoms. The highest BCUT2D eigenvalue weighted by molar-refractivity contribution is 5.79. The zero-order valence-electron chi connectivity index (χ0n) is 10.9. The predicted molar refractivity (Wildman–Crippen MR) is 66.8 cm³/mol. The van der Waals surface area contributed by atoms with E-state index in [1.54, 1.807) is 0 Å². The van der Waals surface area contributed by atoms with Crippen LogP contribution in [0.2, 0.25) is 0 Å². The number of nitrogens with one attached hydrogen (secondary N) is 1. The van der Waals surface area contributed by atoms with Gasteiger partial charge in [-0.05, 0) is 39.7 Å². The van der Waals surface area contributed by atoms with Gasteiger partial charge in [-0.3, -0.25) is 4.79 Å². The molecule has 0 aliphatic carbocycles. The number of carbonyl (C=O) groups is 1. The second-order valence-corrected chi connectivity index (χ2v) is 5.31. The Kier molecular flexibility index (Phi) is 4.40. The van der Waals surface area contributed by atoms with Crippen molar-refractivity contribution < 1.29 is 9.53 Å². The number of carbonyl (C=O) groups excluding carboxylic acids is 1. The Labute approximate surface area is 104 Å². The Morgan fingerprint density at radius 3 is 2.94 bits per heavy atom. The summed E-state index contributed by atoms with van der Waals surface area (Å²) in [6.45, 7) is 7.61. The minimum Gasteiger partial charge on any atom is -0.377 e. The predicted octanol–water partition coefficient (Wildman–Crippen LogP) is 1.01. The molecule has 2 aliphatic heterocycles. The van der Waals surface area contributed by atoms with E-state index in [1.165, 1.54) is 0 Å². The van der Waals surface area contributed by atoms with E-state index in [1.807, 2.05) is 11.8 Å². The van der Waals surface area contributed by atoms with E-state index < -0.39 is 0 Å². The third-order valence-electron chi connectivity index (χ3n) is 3.84. The molecule has 0 bridgehead atoms. The number of rotatable bonds is 1. The van der Waals surface area contributed by atoms with Crippen LogP contribution in [-0.4, -0.2) is 49.2 Å². The van der Waals surface area contributed by atoms with Gasteiger partial charge in [0.15, 0.2) is 0 Å². The molecule has 2 fully saturated rings. The first-order valence-electron chi connectivity index (χ1n) is 6.82. The first-order chi connectivity index (χ1) is 8.18. The van der Waals surface area contributed by atoms with Gasteiger partial charge in [-0.1, -0.05) is 0 Å². The largest absolute Gasteiger partial charge is 0.377 e. The summed E-state index contributed by atoms with van der Waals surface area (Å²) in [6, 6.07) is 0.315. The molecule has 2 aliphatic rings. The lowest BCUT2D eigenvalue weighted by Gasteiger charge is -2.33. The summed E-state index contributed by atoms with van der Waals surface area (Å²) in [7, 11) is 0. The number of nitrogens with zero attached hydrogens (tertiary/aromatic N) is 1. The quantitative estimate of drug-likeness (QED) is 0.744. The molecule has 3 atom stereocenters. The Hall–Kier alpha value is -0.610. The van der Waals surface area contributed by atoms with Gasteiger partial charge in [0.05, 0.1) is 12.0 Å². The fraction of sp³-hybridized carbons (Fsp3) is 0.923. The van der Waals surface area contributed by atoms with E-state index in [0.717, 1.165) is 45.5 Å². The summed E-state index contributed by atoms with van der Waals surface area (Å²) in [5, 5.41) is 3.40. The van der Waals surface area contributed by atoms with Crippen molar-refractivity contribution in [2.75, 3.05) is 26.2 Å². The fourth-order valence-electron chi connectivity index (χ4n) is 2.81. The van der Waals surface area contributed by atoms with Crippen LogP contribution in [0.4, 0.5) is 0 Å². The number of hydrogen-bond donors (Lipinski definition) is 1. The highest BCUT2D eigenvalue weighted by Crippen LogP contribution is 2.20. The smallest absolute Gasteiger partial charge is 0.227 e. The summed E-state index contributed by atoms with van der Waals surface area (Å²) in [5.41, 5.74) is 0. The van der Waals surface area contributed by atoms with Crippen LogP contribution in [0, 0.1) is 5.92 Å². The van der Waals surface area contributed by atoms with Crippen LogP contribution >= 0.6 is 0 Å². The van der Waals surface area contributed by atoms with Crippen molar-refractivity contribution in [3.05, 3.63) is 0 Å². The summed E-state index contributed by atoms with van der Waals surface area (Å²) >= 11 is 0. The van der Waals surface area contributed by atoms with Gasteiger partial charge in [0.2, 0.25) is 5.91 Å². The molecule has 0 saturated carbocycles. The van der Waals surface area contributed by atoms with Gasteiger partial charge in [0, 0.05) is 25.7 Å². The molecule has 1 amide bonds. The van der Waals surface area contributed by atoms with Crippen LogP contribution in [-0.2, 0) is 9.53 Å². The zero-order chi connectivity index (χ0) is 12.3. The van der Waals surface area contributed by atoms with E-state index in [4.69, 9.17) is 4.74 Å². The van der Waals surface area contributed by atoms with E-state index in [0.29, 0.717) is 11.9 Å². The summed E-state index contributed by atoms with van der Waals surface area (Å²) in [6.07, 6.45) is 3.28. The third-order valence-corrected chi connectivity index (χ3v) is 3.84. The minimum atomic E-state index is 0.161. The standard InChI is InChI=1S/C13H24N2O2/c1-10-9-15(7-4-8-17-10)13(16)12-5-3-6-14-11(12)2/h10-12,14H,3-9H2,1-2H3. The summed E-state index contributed by atoms with van der Waals surface area (Å²) in [4.78, 5) is 14.5. The van der Waals surface area contributed by atoms with Crippen molar-refractivity contribution in [3.8, 4) is 0 Å². The molecule has 2 saturated heterocycles. The lowest BCUT2D eigenvalue weighted by Crippen LogP contribution is -2.49. The van der Waals surface area contributed by atoms with Gasteiger partial charge in [0.1, 0.15) is 0 Å². The Balaban J connectivity index is 1.97. The summed E-state index contributed by atoms with van der Waals surface area (Å²) in [5.74, 6) is 0.483. The molecule has 2 heterocycles. The second-order valence-electron chi connectivity index (χ2n) is 5.31. The van der Waals surface area contributed by atoms with Crippen LogP contribution < -0.4 is 5.32 Å². The highest BCUT2D eigenvalue weighted by Gasteiger charge is 2.32. The number of hydrogen-bond acceptors (Lipinski definition) is 3. The van der Waals surface area contributed by atoms with Crippen LogP contribution in [0.1, 0.15) is 33.1 Å². The zero-order valence-corrected chi connectivity index (χ0v) is 10.9. The van der Waals surface area contributed by atoms with E-state index >= 15 is 0 Å². The Bertz CT molecular complexity index is 270. The van der Waals surface area contributed by atoms with Crippen molar-refractivity contribution >= 4 is 5.91 Å². The SMILES string of the molecule is CC1CN(C(=O)C2CCCNC2C)CCCO1. The average Bonchev–Trinajstić information content (AvgIpc) is 2.54. The van der Waals surface area contributed by atoms with Crippen LogP contribution in [0.15, 0.2) is 0 Å². The lowest BCUT2D eigenvalue weighted by atomic mass is 9.90. The number of amides is 1. The molecule has 0 aromatic heterocycles. The monoisotopic (exact) mass is 240 g/mol. The molecular weight excluding hydrogens is 216 g/mol. The van der Waals surface area contributed by atoms with E-state index in [2.05, 4.69) is 12.2 Å². The molecule has 0 aromatic carbocycles. The molecule has 3 unspecified atom stereocenters. The third kappa shape index (κ3) is 3.19. The molecule has 0 radical (unpaired) electrons. The molecule has 17 heavy (non-hydrogen) atoms. The van der Waals surface area contributed by atoms with Crippen molar-refractivity contribution in [3.63, 3.8) is 0 Å². The molecule has 2 rings (SSSR count). The van der Waals surface area contributed by atoms with Crippen LogP contribution in [0.25, 0.3) is 0 Å². The molecular formula is C13H24N2O2. The topological polar surface area (TPSA) is 41.6 Å². The van der Waals surface area contributed by atoms with E-state index in [-0.39, 0.29) is 12.0 Å². The maximum Gasteiger partial charge on any atom is 0.227 e. The molecule has 98 valence electrons. The van der Waals surface area contributed by atoms with Crippen molar-refractivity contribution in [2.24, 2.45) is 5.92 Å². The van der Waals surface area contributed by atoms with Gasteiger partial charge in [-0.25, -0.2) is 0 Å².